The molecule has 3 nitrogen and oxygen atoms in total. The fraction of sp³-hybridized carbons (Fsp3) is 0.429. The number of carbonyl (C=O) groups is 1. The van der Waals surface area contributed by atoms with Crippen molar-refractivity contribution in [2.75, 3.05) is 13.1 Å². The van der Waals surface area contributed by atoms with Gasteiger partial charge < -0.3 is 10.6 Å². The van der Waals surface area contributed by atoms with Crippen molar-refractivity contribution in [2.45, 2.75) is 19.8 Å². The Morgan fingerprint density at radius 2 is 1.95 bits per heavy atom. The van der Waals surface area contributed by atoms with Crippen LogP contribution in [0.15, 0.2) is 24.3 Å². The van der Waals surface area contributed by atoms with Crippen LogP contribution in [0.25, 0.3) is 0 Å². The maximum atomic E-state index is 13.6. The molecule has 0 spiro atoms. The summed E-state index contributed by atoms with van der Waals surface area (Å²) in [7, 11) is 0. The smallest absolute Gasteiger partial charge is 0.256 e. The number of hydrogen-bond donors (Lipinski definition) is 1. The molecular weight excluding hydrogens is 263 g/mol. The van der Waals surface area contributed by atoms with Gasteiger partial charge >= 0.3 is 0 Å². The lowest BCUT2D eigenvalue weighted by atomic mass is 9.80. The van der Waals surface area contributed by atoms with Gasteiger partial charge in [-0.15, -0.1) is 0 Å². The van der Waals surface area contributed by atoms with Crippen molar-refractivity contribution in [3.8, 4) is 0 Å². The molecule has 0 bridgehead atoms. The minimum Gasteiger partial charge on any atom is -0.393 e. The van der Waals surface area contributed by atoms with Gasteiger partial charge in [-0.1, -0.05) is 31.3 Å². The molecule has 102 valence electrons. The molecule has 0 aliphatic carbocycles. The fourth-order valence-electron chi connectivity index (χ4n) is 2.25. The third-order valence-electron chi connectivity index (χ3n) is 3.85. The van der Waals surface area contributed by atoms with Crippen LogP contribution in [0, 0.1) is 11.2 Å². The van der Waals surface area contributed by atoms with Crippen LogP contribution in [0.3, 0.4) is 0 Å². The number of rotatable bonds is 2. The Kier molecular flexibility index (Phi) is 3.85. The van der Waals surface area contributed by atoms with E-state index in [1.807, 2.05) is 6.92 Å². The first-order valence-electron chi connectivity index (χ1n) is 6.28. The fourth-order valence-corrected chi connectivity index (χ4v) is 2.46. The Morgan fingerprint density at radius 3 is 2.47 bits per heavy atom. The molecule has 1 fully saturated rings. The molecule has 1 saturated heterocycles. The lowest BCUT2D eigenvalue weighted by Gasteiger charge is -2.38. The normalized spacial score (nSPS) is 18.1. The minimum absolute atomic E-state index is 0.126. The first-order valence-corrected chi connectivity index (χ1v) is 6.68. The minimum atomic E-state index is -0.477. The standard InChI is InChI=1S/C14H17FN2OS/c1-14(13(16)19)6-8-17(9-7-14)12(18)10-4-2-3-5-11(10)15/h2-5H,6-9H2,1H3,(H2,16,19). The monoisotopic (exact) mass is 280 g/mol. The van der Waals surface area contributed by atoms with Gasteiger partial charge in [0.05, 0.1) is 10.6 Å². The summed E-state index contributed by atoms with van der Waals surface area (Å²) in [5, 5.41) is 0. The van der Waals surface area contributed by atoms with E-state index in [9.17, 15) is 9.18 Å². The second kappa shape index (κ2) is 5.25. The molecule has 1 aliphatic heterocycles. The van der Waals surface area contributed by atoms with Crippen molar-refractivity contribution in [3.63, 3.8) is 0 Å². The number of halogens is 1. The van der Waals surface area contributed by atoms with Crippen LogP contribution in [0.5, 0.6) is 0 Å². The molecule has 1 amide bonds. The molecule has 0 atom stereocenters. The third-order valence-corrected chi connectivity index (χ3v) is 4.35. The van der Waals surface area contributed by atoms with Crippen molar-refractivity contribution in [2.24, 2.45) is 11.1 Å². The van der Waals surface area contributed by atoms with Crippen molar-refractivity contribution in [1.29, 1.82) is 0 Å². The van der Waals surface area contributed by atoms with Gasteiger partial charge in [0.1, 0.15) is 5.82 Å². The van der Waals surface area contributed by atoms with Gasteiger partial charge in [0.15, 0.2) is 0 Å². The molecule has 1 aromatic rings. The zero-order valence-corrected chi connectivity index (χ0v) is 11.7. The number of carbonyl (C=O) groups excluding carboxylic acids is 1. The third kappa shape index (κ3) is 2.76. The predicted molar refractivity (Wildman–Crippen MR) is 76.4 cm³/mol. The second-order valence-corrected chi connectivity index (χ2v) is 5.64. The van der Waals surface area contributed by atoms with Gasteiger partial charge in [0.25, 0.3) is 5.91 Å². The highest BCUT2D eigenvalue weighted by Crippen LogP contribution is 2.31. The van der Waals surface area contributed by atoms with Crippen molar-refractivity contribution >= 4 is 23.1 Å². The zero-order valence-electron chi connectivity index (χ0n) is 10.9. The molecule has 2 N–H and O–H groups in total. The van der Waals surface area contributed by atoms with E-state index in [2.05, 4.69) is 0 Å². The van der Waals surface area contributed by atoms with E-state index >= 15 is 0 Å². The van der Waals surface area contributed by atoms with Gasteiger partial charge in [-0.2, -0.15) is 0 Å². The van der Waals surface area contributed by atoms with E-state index in [-0.39, 0.29) is 16.9 Å². The highest BCUT2D eigenvalue weighted by Gasteiger charge is 2.34. The van der Waals surface area contributed by atoms with E-state index < -0.39 is 5.82 Å². The molecule has 1 aliphatic rings. The summed E-state index contributed by atoms with van der Waals surface area (Å²) < 4.78 is 13.6. The first-order chi connectivity index (χ1) is 8.94. The Bertz CT molecular complexity index is 510. The van der Waals surface area contributed by atoms with Gasteiger partial charge in [0, 0.05) is 18.5 Å². The molecule has 5 heteroatoms. The number of nitrogens with two attached hydrogens (primary N) is 1. The van der Waals surface area contributed by atoms with Crippen LogP contribution >= 0.6 is 12.2 Å². The summed E-state index contributed by atoms with van der Waals surface area (Å²) in [6, 6.07) is 6.06. The van der Waals surface area contributed by atoms with Crippen LogP contribution < -0.4 is 5.73 Å². The number of amides is 1. The van der Waals surface area contributed by atoms with Gasteiger partial charge in [-0.25, -0.2) is 4.39 Å². The maximum absolute atomic E-state index is 13.6. The molecule has 2 rings (SSSR count). The van der Waals surface area contributed by atoms with Crippen LogP contribution in [-0.4, -0.2) is 28.9 Å². The van der Waals surface area contributed by atoms with Crippen LogP contribution in [-0.2, 0) is 0 Å². The molecular formula is C14H17FN2OS. The van der Waals surface area contributed by atoms with Crippen molar-refractivity contribution in [1.82, 2.24) is 4.90 Å². The highest BCUT2D eigenvalue weighted by atomic mass is 32.1. The first kappa shape index (κ1) is 13.9. The van der Waals surface area contributed by atoms with Gasteiger partial charge in [0.2, 0.25) is 0 Å². The summed E-state index contributed by atoms with van der Waals surface area (Å²) in [6.07, 6.45) is 1.45. The Morgan fingerprint density at radius 1 is 1.37 bits per heavy atom. The van der Waals surface area contributed by atoms with E-state index in [0.717, 1.165) is 12.8 Å². The number of thiocarbonyl (C=S) groups is 1. The quantitative estimate of drug-likeness (QED) is 0.846. The molecule has 19 heavy (non-hydrogen) atoms. The van der Waals surface area contributed by atoms with Crippen LogP contribution in [0.2, 0.25) is 0 Å². The number of likely N-dealkylation sites (tertiary alicyclic amines) is 1. The SMILES string of the molecule is CC1(C(N)=S)CCN(C(=O)c2ccccc2F)CC1. The zero-order chi connectivity index (χ0) is 14.0. The lowest BCUT2D eigenvalue weighted by Crippen LogP contribution is -2.46. The Balaban J connectivity index is 2.08. The molecule has 0 radical (unpaired) electrons. The molecule has 1 aromatic carbocycles. The average Bonchev–Trinajstić information content (AvgIpc) is 2.39. The van der Waals surface area contributed by atoms with E-state index in [0.29, 0.717) is 18.1 Å². The number of benzene rings is 1. The number of piperidine rings is 1. The molecule has 0 unspecified atom stereocenters. The predicted octanol–water partition coefficient (Wildman–Crippen LogP) is 2.35. The van der Waals surface area contributed by atoms with E-state index in [4.69, 9.17) is 18.0 Å². The number of hydrogen-bond acceptors (Lipinski definition) is 2. The van der Waals surface area contributed by atoms with Gasteiger partial charge in [-0.05, 0) is 25.0 Å². The number of nitrogens with zero attached hydrogens (tertiary/aromatic N) is 1. The molecule has 1 heterocycles. The second-order valence-electron chi connectivity index (χ2n) is 5.20. The van der Waals surface area contributed by atoms with Crippen LogP contribution in [0.4, 0.5) is 4.39 Å². The molecule has 0 saturated carbocycles. The largest absolute Gasteiger partial charge is 0.393 e. The summed E-state index contributed by atoms with van der Waals surface area (Å²) in [6.45, 7) is 3.13. The summed E-state index contributed by atoms with van der Waals surface area (Å²) >= 11 is 5.06. The Labute approximate surface area is 117 Å². The van der Waals surface area contributed by atoms with Crippen molar-refractivity contribution in [3.05, 3.63) is 35.6 Å². The van der Waals surface area contributed by atoms with Crippen LogP contribution in [0.1, 0.15) is 30.1 Å². The molecule has 0 aromatic heterocycles. The topological polar surface area (TPSA) is 46.3 Å². The summed E-state index contributed by atoms with van der Waals surface area (Å²) in [5.74, 6) is -0.738. The van der Waals surface area contributed by atoms with E-state index in [1.54, 1.807) is 17.0 Å². The Hall–Kier alpha value is -1.49. The maximum Gasteiger partial charge on any atom is 0.256 e. The lowest BCUT2D eigenvalue weighted by molar-refractivity contribution is 0.0665. The van der Waals surface area contributed by atoms with Crippen molar-refractivity contribution < 1.29 is 9.18 Å². The highest BCUT2D eigenvalue weighted by molar-refractivity contribution is 7.80. The summed E-state index contributed by atoms with van der Waals surface area (Å²) in [5.41, 5.74) is 5.66. The van der Waals surface area contributed by atoms with Gasteiger partial charge in [-0.3, -0.25) is 4.79 Å². The average molecular weight is 280 g/mol. The summed E-state index contributed by atoms with van der Waals surface area (Å²) in [4.78, 5) is 14.4. The van der Waals surface area contributed by atoms with E-state index in [1.165, 1.54) is 12.1 Å².